The Balaban J connectivity index is 1.44. The summed E-state index contributed by atoms with van der Waals surface area (Å²) in [6.45, 7) is 0.0893. The number of methoxy groups -OCH3 is 1. The van der Waals surface area contributed by atoms with Crippen LogP contribution in [0.1, 0.15) is 24.3 Å². The van der Waals surface area contributed by atoms with E-state index in [9.17, 15) is 9.18 Å². The number of aromatic nitrogens is 2. The molecule has 0 aliphatic heterocycles. The second-order valence-electron chi connectivity index (χ2n) is 6.48. The summed E-state index contributed by atoms with van der Waals surface area (Å²) in [5, 5.41) is 10.8. The largest absolute Gasteiger partial charge is 0.497 e. The van der Waals surface area contributed by atoms with Crippen LogP contribution in [0.5, 0.6) is 5.75 Å². The van der Waals surface area contributed by atoms with Crippen molar-refractivity contribution in [1.29, 1.82) is 0 Å². The number of benzene rings is 2. The third-order valence-corrected chi connectivity index (χ3v) is 4.76. The lowest BCUT2D eigenvalue weighted by Gasteiger charge is -2.15. The van der Waals surface area contributed by atoms with Crippen LogP contribution < -0.4 is 10.1 Å². The van der Waals surface area contributed by atoms with Crippen molar-refractivity contribution in [1.82, 2.24) is 15.5 Å². The molecule has 2 aromatic carbocycles. The van der Waals surface area contributed by atoms with E-state index in [1.165, 1.54) is 6.07 Å². The van der Waals surface area contributed by atoms with Crippen LogP contribution in [0.15, 0.2) is 52.9 Å². The maximum absolute atomic E-state index is 14.1. The van der Waals surface area contributed by atoms with E-state index in [-0.39, 0.29) is 24.2 Å². The van der Waals surface area contributed by atoms with E-state index in [2.05, 4.69) is 15.5 Å². The van der Waals surface area contributed by atoms with Crippen molar-refractivity contribution < 1.29 is 18.3 Å². The van der Waals surface area contributed by atoms with Gasteiger partial charge in [-0.05, 0) is 37.1 Å². The number of hydrogen-bond acceptors (Lipinski definition) is 5. The molecule has 1 aliphatic rings. The number of carbonyl (C=O) groups excluding carboxylic acids is 1. The Hall–Kier alpha value is -3.22. The maximum Gasteiger partial charge on any atom is 0.247 e. The van der Waals surface area contributed by atoms with Crippen LogP contribution in [0.3, 0.4) is 0 Å². The van der Waals surface area contributed by atoms with Gasteiger partial charge in [0.05, 0.1) is 19.1 Å². The molecule has 0 bridgehead atoms. The highest BCUT2D eigenvalue weighted by Gasteiger charge is 2.52. The van der Waals surface area contributed by atoms with Crippen molar-refractivity contribution in [2.45, 2.75) is 24.8 Å². The zero-order chi connectivity index (χ0) is 18.9. The molecule has 0 atom stereocenters. The average Bonchev–Trinajstić information content (AvgIpc) is 3.37. The molecule has 138 valence electrons. The predicted octanol–water partition coefficient (Wildman–Crippen LogP) is 3.23. The molecule has 4 rings (SSSR count). The minimum Gasteiger partial charge on any atom is -0.497 e. The molecule has 1 aliphatic carbocycles. The van der Waals surface area contributed by atoms with Crippen LogP contribution in [0.25, 0.3) is 11.5 Å². The second-order valence-corrected chi connectivity index (χ2v) is 6.48. The lowest BCUT2D eigenvalue weighted by molar-refractivity contribution is -0.123. The molecule has 3 aromatic rings. The van der Waals surface area contributed by atoms with E-state index in [4.69, 9.17) is 9.15 Å². The summed E-state index contributed by atoms with van der Waals surface area (Å²) in [5.74, 6) is 0.719. The SMILES string of the molecule is COc1cccc(-c2nnc(CNC(=O)C3(c4ccccc4F)CC3)o2)c1. The molecule has 27 heavy (non-hydrogen) atoms. The Kier molecular flexibility index (Phi) is 4.35. The van der Waals surface area contributed by atoms with Gasteiger partial charge in [-0.3, -0.25) is 4.79 Å². The topological polar surface area (TPSA) is 77.3 Å². The lowest BCUT2D eigenvalue weighted by Crippen LogP contribution is -2.35. The molecule has 0 unspecified atom stereocenters. The van der Waals surface area contributed by atoms with Crippen molar-refractivity contribution in [2.75, 3.05) is 7.11 Å². The third kappa shape index (κ3) is 3.28. The number of nitrogens with zero attached hydrogens (tertiary/aromatic N) is 2. The van der Waals surface area contributed by atoms with Gasteiger partial charge in [0.25, 0.3) is 0 Å². The standard InChI is InChI=1S/C20H18FN3O3/c1-26-14-6-4-5-13(11-14)18-24-23-17(27-18)12-22-19(25)20(9-10-20)15-7-2-3-8-16(15)21/h2-8,11H,9-10,12H2,1H3,(H,22,25). The highest BCUT2D eigenvalue weighted by atomic mass is 19.1. The quantitative estimate of drug-likeness (QED) is 0.724. The highest BCUT2D eigenvalue weighted by molar-refractivity contribution is 5.91. The summed E-state index contributed by atoms with van der Waals surface area (Å²) in [5.41, 5.74) is 0.371. The van der Waals surface area contributed by atoms with E-state index in [1.54, 1.807) is 31.4 Å². The van der Waals surface area contributed by atoms with Gasteiger partial charge >= 0.3 is 0 Å². The Morgan fingerprint density at radius 3 is 2.78 bits per heavy atom. The molecule has 0 radical (unpaired) electrons. The first-order chi connectivity index (χ1) is 13.1. The number of hydrogen-bond donors (Lipinski definition) is 1. The Labute approximate surface area is 155 Å². The number of carbonyl (C=O) groups is 1. The van der Waals surface area contributed by atoms with Crippen molar-refractivity contribution in [3.63, 3.8) is 0 Å². The van der Waals surface area contributed by atoms with Crippen molar-refractivity contribution in [3.8, 4) is 17.2 Å². The van der Waals surface area contributed by atoms with Crippen molar-refractivity contribution in [3.05, 3.63) is 65.8 Å². The van der Waals surface area contributed by atoms with Gasteiger partial charge in [0.15, 0.2) is 0 Å². The lowest BCUT2D eigenvalue weighted by atomic mass is 9.94. The first kappa shape index (κ1) is 17.2. The fourth-order valence-electron chi connectivity index (χ4n) is 3.12. The van der Waals surface area contributed by atoms with Crippen LogP contribution in [-0.2, 0) is 16.8 Å². The molecular formula is C20H18FN3O3. The number of amides is 1. The third-order valence-electron chi connectivity index (χ3n) is 4.76. The van der Waals surface area contributed by atoms with Crippen LogP contribution in [-0.4, -0.2) is 23.2 Å². The zero-order valence-electron chi connectivity index (χ0n) is 14.7. The molecule has 1 saturated carbocycles. The van der Waals surface area contributed by atoms with Crippen molar-refractivity contribution in [2.24, 2.45) is 0 Å². The van der Waals surface area contributed by atoms with Gasteiger partial charge in [-0.25, -0.2) is 4.39 Å². The Morgan fingerprint density at radius 2 is 2.04 bits per heavy atom. The molecule has 1 N–H and O–H groups in total. The summed E-state index contributed by atoms with van der Waals surface area (Å²) in [4.78, 5) is 12.6. The normalized spacial score (nSPS) is 14.6. The second kappa shape index (κ2) is 6.83. The maximum atomic E-state index is 14.1. The molecule has 1 amide bonds. The predicted molar refractivity (Wildman–Crippen MR) is 95.4 cm³/mol. The van der Waals surface area contributed by atoms with Gasteiger partial charge in [-0.1, -0.05) is 24.3 Å². The molecule has 1 fully saturated rings. The summed E-state index contributed by atoms with van der Waals surface area (Å²) in [6.07, 6.45) is 1.25. The summed E-state index contributed by atoms with van der Waals surface area (Å²) < 4.78 is 24.9. The molecule has 1 heterocycles. The molecule has 6 nitrogen and oxygen atoms in total. The van der Waals surface area contributed by atoms with Gasteiger partial charge in [-0.15, -0.1) is 10.2 Å². The minimum atomic E-state index is -0.791. The Bertz CT molecular complexity index is 982. The summed E-state index contributed by atoms with van der Waals surface area (Å²) in [7, 11) is 1.58. The number of halogens is 1. The molecule has 1 aromatic heterocycles. The molecular weight excluding hydrogens is 349 g/mol. The monoisotopic (exact) mass is 367 g/mol. The van der Waals surface area contributed by atoms with Gasteiger partial charge in [0.1, 0.15) is 11.6 Å². The van der Waals surface area contributed by atoms with Gasteiger partial charge < -0.3 is 14.5 Å². The smallest absolute Gasteiger partial charge is 0.247 e. The van der Waals surface area contributed by atoms with Crippen molar-refractivity contribution >= 4 is 5.91 Å². The first-order valence-corrected chi connectivity index (χ1v) is 8.62. The number of nitrogens with one attached hydrogen (secondary N) is 1. The van der Waals surface area contributed by atoms with Crippen LogP contribution >= 0.6 is 0 Å². The van der Waals surface area contributed by atoms with Gasteiger partial charge in [0, 0.05) is 11.1 Å². The minimum absolute atomic E-state index is 0.0893. The fourth-order valence-corrected chi connectivity index (χ4v) is 3.12. The fraction of sp³-hybridized carbons (Fsp3) is 0.250. The Morgan fingerprint density at radius 1 is 1.22 bits per heavy atom. The number of rotatable bonds is 6. The molecule has 0 saturated heterocycles. The van der Waals surface area contributed by atoms with Crippen LogP contribution in [0.4, 0.5) is 4.39 Å². The van der Waals surface area contributed by atoms with Gasteiger partial charge in [0.2, 0.25) is 17.7 Å². The van der Waals surface area contributed by atoms with E-state index < -0.39 is 5.41 Å². The van der Waals surface area contributed by atoms with E-state index in [1.807, 2.05) is 18.2 Å². The summed E-state index contributed by atoms with van der Waals surface area (Å²) in [6, 6.07) is 13.7. The molecule has 0 spiro atoms. The average molecular weight is 367 g/mol. The summed E-state index contributed by atoms with van der Waals surface area (Å²) >= 11 is 0. The number of ether oxygens (including phenoxy) is 1. The highest BCUT2D eigenvalue weighted by Crippen LogP contribution is 2.49. The van der Waals surface area contributed by atoms with E-state index in [0.717, 1.165) is 5.56 Å². The van der Waals surface area contributed by atoms with Crippen LogP contribution in [0, 0.1) is 5.82 Å². The van der Waals surface area contributed by atoms with Gasteiger partial charge in [-0.2, -0.15) is 0 Å². The molecule has 7 heteroatoms. The first-order valence-electron chi connectivity index (χ1n) is 8.62. The zero-order valence-corrected chi connectivity index (χ0v) is 14.7. The van der Waals surface area contributed by atoms with E-state index in [0.29, 0.717) is 30.0 Å². The van der Waals surface area contributed by atoms with Crippen LogP contribution in [0.2, 0.25) is 0 Å². The van der Waals surface area contributed by atoms with E-state index >= 15 is 0 Å².